The number of aryl methyl sites for hydroxylation is 1. The zero-order chi connectivity index (χ0) is 20.9. The van der Waals surface area contributed by atoms with Crippen LogP contribution >= 0.6 is 23.4 Å². The number of nitrogens with zero attached hydrogens (tertiary/aromatic N) is 4. The highest BCUT2D eigenvalue weighted by Gasteiger charge is 2.22. The third kappa shape index (κ3) is 4.95. The van der Waals surface area contributed by atoms with E-state index < -0.39 is 0 Å². The minimum absolute atomic E-state index is 0.117. The van der Waals surface area contributed by atoms with Crippen molar-refractivity contribution in [1.29, 1.82) is 0 Å². The van der Waals surface area contributed by atoms with Crippen LogP contribution in [0.4, 0.5) is 11.6 Å². The van der Waals surface area contributed by atoms with Crippen LogP contribution < -0.4 is 10.2 Å². The Hall–Kier alpha value is -2.55. The van der Waals surface area contributed by atoms with Gasteiger partial charge in [-0.3, -0.25) is 9.36 Å². The van der Waals surface area contributed by atoms with E-state index in [0.29, 0.717) is 29.1 Å². The second-order valence-corrected chi connectivity index (χ2v) is 8.28. The van der Waals surface area contributed by atoms with Gasteiger partial charge in [-0.15, -0.1) is 10.2 Å². The molecule has 2 heterocycles. The maximum Gasteiger partial charge on any atom is 0.234 e. The molecular formula is C21H22ClN5O2S. The topological polar surface area (TPSA) is 72.3 Å². The van der Waals surface area contributed by atoms with E-state index in [1.165, 1.54) is 11.8 Å². The lowest BCUT2D eigenvalue weighted by molar-refractivity contribution is -0.113. The number of ether oxygens (including phenoxy) is 1. The molecule has 1 aromatic heterocycles. The molecule has 4 rings (SSSR count). The van der Waals surface area contributed by atoms with Crippen LogP contribution in [0.1, 0.15) is 5.56 Å². The standard InChI is InChI=1S/C21H22ClN5O2S/c1-15-3-2-4-18(13-15)27-20(26-9-11-29-12-10-26)24-25-21(27)30-14-19(28)23-17-7-5-16(22)6-8-17/h2-8,13H,9-12,14H2,1H3,(H,23,28). The molecule has 0 aliphatic carbocycles. The van der Waals surface area contributed by atoms with Crippen LogP contribution in [0.5, 0.6) is 0 Å². The molecule has 0 saturated carbocycles. The molecule has 0 spiro atoms. The summed E-state index contributed by atoms with van der Waals surface area (Å²) in [6.45, 7) is 4.88. The fourth-order valence-electron chi connectivity index (χ4n) is 3.18. The number of carbonyl (C=O) groups is 1. The number of anilines is 2. The monoisotopic (exact) mass is 443 g/mol. The maximum atomic E-state index is 12.4. The Morgan fingerprint density at radius 1 is 1.17 bits per heavy atom. The largest absolute Gasteiger partial charge is 0.378 e. The maximum absolute atomic E-state index is 12.4. The fourth-order valence-corrected chi connectivity index (χ4v) is 4.05. The fraction of sp³-hybridized carbons (Fsp3) is 0.286. The number of hydrogen-bond acceptors (Lipinski definition) is 6. The molecule has 9 heteroatoms. The van der Waals surface area contributed by atoms with Crippen LogP contribution in [-0.4, -0.2) is 52.7 Å². The summed E-state index contributed by atoms with van der Waals surface area (Å²) < 4.78 is 7.48. The number of nitrogens with one attached hydrogen (secondary N) is 1. The van der Waals surface area contributed by atoms with Crippen LogP contribution in [0.25, 0.3) is 5.69 Å². The van der Waals surface area contributed by atoms with Gasteiger partial charge in [0.05, 0.1) is 24.7 Å². The first-order chi connectivity index (χ1) is 14.6. The number of thioether (sulfide) groups is 1. The number of hydrogen-bond donors (Lipinski definition) is 1. The van der Waals surface area contributed by atoms with Crippen LogP contribution in [0.15, 0.2) is 53.7 Å². The van der Waals surface area contributed by atoms with E-state index in [1.807, 2.05) is 16.7 Å². The summed E-state index contributed by atoms with van der Waals surface area (Å²) in [4.78, 5) is 14.6. The predicted molar refractivity (Wildman–Crippen MR) is 120 cm³/mol. The quantitative estimate of drug-likeness (QED) is 0.584. The summed E-state index contributed by atoms with van der Waals surface area (Å²) in [7, 11) is 0. The van der Waals surface area contributed by atoms with Crippen molar-refractivity contribution in [3.05, 3.63) is 59.1 Å². The van der Waals surface area contributed by atoms with Crippen LogP contribution in [0.2, 0.25) is 5.02 Å². The van der Waals surface area contributed by atoms with Gasteiger partial charge in [-0.25, -0.2) is 0 Å². The Kier molecular flexibility index (Phi) is 6.56. The molecule has 3 aromatic rings. The minimum atomic E-state index is -0.117. The van der Waals surface area contributed by atoms with Crippen molar-refractivity contribution in [2.45, 2.75) is 12.1 Å². The first kappa shape index (κ1) is 20.7. The molecule has 1 aliphatic rings. The van der Waals surface area contributed by atoms with Gasteiger partial charge >= 0.3 is 0 Å². The number of amides is 1. The molecule has 0 unspecified atom stereocenters. The van der Waals surface area contributed by atoms with Crippen molar-refractivity contribution in [2.75, 3.05) is 42.3 Å². The highest BCUT2D eigenvalue weighted by atomic mass is 35.5. The predicted octanol–water partition coefficient (Wildman–Crippen LogP) is 3.80. The second kappa shape index (κ2) is 9.51. The van der Waals surface area contributed by atoms with Gasteiger partial charge in [0, 0.05) is 23.8 Å². The van der Waals surface area contributed by atoms with Gasteiger partial charge in [-0.1, -0.05) is 35.5 Å². The number of benzene rings is 2. The van der Waals surface area contributed by atoms with Crippen molar-refractivity contribution >= 4 is 40.9 Å². The highest BCUT2D eigenvalue weighted by Crippen LogP contribution is 2.28. The zero-order valence-electron chi connectivity index (χ0n) is 16.5. The summed E-state index contributed by atoms with van der Waals surface area (Å²) >= 11 is 7.25. The first-order valence-corrected chi connectivity index (χ1v) is 11.0. The molecule has 1 amide bonds. The molecule has 0 bridgehead atoms. The third-order valence-corrected chi connectivity index (χ3v) is 5.81. The Balaban J connectivity index is 1.54. The van der Waals surface area contributed by atoms with Crippen molar-refractivity contribution in [2.24, 2.45) is 0 Å². The average Bonchev–Trinajstić information content (AvgIpc) is 3.19. The van der Waals surface area contributed by atoms with Gasteiger partial charge in [-0.05, 0) is 48.9 Å². The number of morpholine rings is 1. The van der Waals surface area contributed by atoms with E-state index in [-0.39, 0.29) is 11.7 Å². The Bertz CT molecular complexity index is 1020. The summed E-state index contributed by atoms with van der Waals surface area (Å²) in [5, 5.41) is 13.0. The number of carbonyl (C=O) groups excluding carboxylic acids is 1. The molecule has 7 nitrogen and oxygen atoms in total. The first-order valence-electron chi connectivity index (χ1n) is 9.63. The number of rotatable bonds is 6. The van der Waals surface area contributed by atoms with Gasteiger partial charge in [-0.2, -0.15) is 0 Å². The van der Waals surface area contributed by atoms with Crippen molar-refractivity contribution in [1.82, 2.24) is 14.8 Å². The zero-order valence-corrected chi connectivity index (χ0v) is 18.1. The SMILES string of the molecule is Cc1cccc(-n2c(SCC(=O)Nc3ccc(Cl)cc3)nnc2N2CCOCC2)c1. The van der Waals surface area contributed by atoms with Crippen molar-refractivity contribution in [3.63, 3.8) is 0 Å². The van der Waals surface area contributed by atoms with Crippen LogP contribution in [-0.2, 0) is 9.53 Å². The molecular weight excluding hydrogens is 422 g/mol. The van der Waals surface area contributed by atoms with E-state index in [9.17, 15) is 4.79 Å². The molecule has 0 atom stereocenters. The van der Waals surface area contributed by atoms with E-state index in [0.717, 1.165) is 30.3 Å². The van der Waals surface area contributed by atoms with E-state index in [4.69, 9.17) is 16.3 Å². The van der Waals surface area contributed by atoms with E-state index in [1.54, 1.807) is 24.3 Å². The highest BCUT2D eigenvalue weighted by molar-refractivity contribution is 7.99. The smallest absolute Gasteiger partial charge is 0.234 e. The van der Waals surface area contributed by atoms with Crippen LogP contribution in [0.3, 0.4) is 0 Å². The van der Waals surface area contributed by atoms with Gasteiger partial charge in [0.15, 0.2) is 5.16 Å². The lowest BCUT2D eigenvalue weighted by Crippen LogP contribution is -2.37. The molecule has 156 valence electrons. The van der Waals surface area contributed by atoms with Gasteiger partial charge < -0.3 is 15.0 Å². The van der Waals surface area contributed by atoms with E-state index >= 15 is 0 Å². The lowest BCUT2D eigenvalue weighted by atomic mass is 10.2. The van der Waals surface area contributed by atoms with Gasteiger partial charge in [0.2, 0.25) is 11.9 Å². The Morgan fingerprint density at radius 3 is 2.67 bits per heavy atom. The summed E-state index contributed by atoms with van der Waals surface area (Å²) in [5.74, 6) is 0.869. The van der Waals surface area contributed by atoms with E-state index in [2.05, 4.69) is 39.5 Å². The summed E-state index contributed by atoms with van der Waals surface area (Å²) in [5.41, 5.74) is 2.83. The number of aromatic nitrogens is 3. The molecule has 30 heavy (non-hydrogen) atoms. The Morgan fingerprint density at radius 2 is 1.93 bits per heavy atom. The molecule has 1 N–H and O–H groups in total. The summed E-state index contributed by atoms with van der Waals surface area (Å²) in [6, 6.07) is 15.2. The second-order valence-electron chi connectivity index (χ2n) is 6.90. The van der Waals surface area contributed by atoms with Gasteiger partial charge in [0.25, 0.3) is 0 Å². The molecule has 1 saturated heterocycles. The molecule has 0 radical (unpaired) electrons. The third-order valence-electron chi connectivity index (χ3n) is 4.63. The lowest BCUT2D eigenvalue weighted by Gasteiger charge is -2.28. The molecule has 1 fully saturated rings. The minimum Gasteiger partial charge on any atom is -0.378 e. The molecule has 2 aromatic carbocycles. The molecule has 1 aliphatic heterocycles. The Labute approximate surface area is 184 Å². The van der Waals surface area contributed by atoms with Crippen molar-refractivity contribution < 1.29 is 9.53 Å². The summed E-state index contributed by atoms with van der Waals surface area (Å²) in [6.07, 6.45) is 0. The van der Waals surface area contributed by atoms with Crippen molar-refractivity contribution in [3.8, 4) is 5.69 Å². The van der Waals surface area contributed by atoms with Crippen LogP contribution in [0, 0.1) is 6.92 Å². The average molecular weight is 444 g/mol. The normalized spacial score (nSPS) is 14.0. The van der Waals surface area contributed by atoms with Gasteiger partial charge in [0.1, 0.15) is 0 Å². The number of halogens is 1.